The molecule has 1 aliphatic heterocycles. The van der Waals surface area contributed by atoms with Crippen molar-refractivity contribution in [1.82, 2.24) is 4.90 Å². The van der Waals surface area contributed by atoms with Gasteiger partial charge in [-0.2, -0.15) is 0 Å². The van der Waals surface area contributed by atoms with Crippen molar-refractivity contribution in [3.63, 3.8) is 0 Å². The van der Waals surface area contributed by atoms with E-state index in [0.717, 1.165) is 0 Å². The highest BCUT2D eigenvalue weighted by molar-refractivity contribution is 5.94. The Morgan fingerprint density at radius 3 is 2.89 bits per heavy atom. The molecule has 1 heterocycles. The number of nitro benzene ring substituents is 1. The number of amides is 1. The van der Waals surface area contributed by atoms with Crippen molar-refractivity contribution in [2.75, 3.05) is 25.0 Å². The summed E-state index contributed by atoms with van der Waals surface area (Å²) < 4.78 is 13.0. The van der Waals surface area contributed by atoms with Crippen LogP contribution >= 0.6 is 0 Å². The molecule has 102 valence electrons. The lowest BCUT2D eigenvalue weighted by molar-refractivity contribution is -0.383. The van der Waals surface area contributed by atoms with Crippen LogP contribution < -0.4 is 5.32 Å². The lowest BCUT2D eigenvalue weighted by Gasteiger charge is -2.14. The van der Waals surface area contributed by atoms with E-state index in [1.54, 1.807) is 11.0 Å². The average Bonchev–Trinajstić information content (AvgIpc) is 2.75. The number of nitrogens with zero attached hydrogens (tertiary/aromatic N) is 2. The normalized spacial score (nSPS) is 19.3. The van der Waals surface area contributed by atoms with Gasteiger partial charge >= 0.3 is 0 Å². The summed E-state index contributed by atoms with van der Waals surface area (Å²) in [5.41, 5.74) is 0.00846. The molecule has 1 fully saturated rings. The van der Waals surface area contributed by atoms with Crippen LogP contribution in [0.4, 0.5) is 15.8 Å². The molecular weight excluding hydrogens is 253 g/mol. The number of hydrogen-bond donors (Lipinski definition) is 1. The zero-order valence-electron chi connectivity index (χ0n) is 10.2. The number of carbonyl (C=O) groups is 1. The molecule has 1 aliphatic rings. The van der Waals surface area contributed by atoms with E-state index >= 15 is 0 Å². The van der Waals surface area contributed by atoms with Crippen molar-refractivity contribution in [2.45, 2.75) is 12.6 Å². The number of benzene rings is 1. The summed E-state index contributed by atoms with van der Waals surface area (Å²) in [6.07, 6.45) is -0.461. The highest BCUT2D eigenvalue weighted by Crippen LogP contribution is 2.23. The first-order valence-electron chi connectivity index (χ1n) is 5.96. The zero-order chi connectivity index (χ0) is 13.8. The van der Waals surface area contributed by atoms with Crippen LogP contribution in [0.25, 0.3) is 0 Å². The molecule has 0 saturated carbocycles. The number of alkyl halides is 1. The molecule has 0 aliphatic carbocycles. The summed E-state index contributed by atoms with van der Waals surface area (Å²) >= 11 is 0. The van der Waals surface area contributed by atoms with Gasteiger partial charge in [-0.05, 0) is 12.5 Å². The van der Waals surface area contributed by atoms with Crippen LogP contribution in [0.1, 0.15) is 6.42 Å². The summed E-state index contributed by atoms with van der Waals surface area (Å²) in [4.78, 5) is 23.7. The first kappa shape index (κ1) is 13.4. The fraction of sp³-hybridized carbons (Fsp3) is 0.417. The van der Waals surface area contributed by atoms with E-state index in [1.807, 2.05) is 0 Å². The molecule has 1 aromatic carbocycles. The Labute approximate surface area is 109 Å². The molecule has 7 heteroatoms. The SMILES string of the molecule is O=C(CN1CCC(F)C1)Nc1ccccc1[N+](=O)[O-]. The van der Waals surface area contributed by atoms with Gasteiger partial charge in [0, 0.05) is 19.2 Å². The summed E-state index contributed by atoms with van der Waals surface area (Å²) in [6.45, 7) is 0.822. The highest BCUT2D eigenvalue weighted by atomic mass is 19.1. The number of carbonyl (C=O) groups excluding carboxylic acids is 1. The van der Waals surface area contributed by atoms with Gasteiger partial charge in [0.05, 0.1) is 11.5 Å². The second-order valence-electron chi connectivity index (χ2n) is 4.44. The molecule has 1 N–H and O–H groups in total. The van der Waals surface area contributed by atoms with Gasteiger partial charge in [-0.1, -0.05) is 12.1 Å². The van der Waals surface area contributed by atoms with Crippen LogP contribution in [-0.4, -0.2) is 41.5 Å². The third kappa shape index (κ3) is 3.47. The van der Waals surface area contributed by atoms with E-state index in [4.69, 9.17) is 0 Å². The Morgan fingerprint density at radius 1 is 1.53 bits per heavy atom. The maximum atomic E-state index is 13.0. The molecule has 1 aromatic rings. The fourth-order valence-corrected chi connectivity index (χ4v) is 2.06. The van der Waals surface area contributed by atoms with Crippen molar-refractivity contribution in [3.05, 3.63) is 34.4 Å². The molecule has 6 nitrogen and oxygen atoms in total. The first-order chi connectivity index (χ1) is 9.06. The van der Waals surface area contributed by atoms with Gasteiger partial charge < -0.3 is 5.32 Å². The van der Waals surface area contributed by atoms with E-state index in [2.05, 4.69) is 5.32 Å². The van der Waals surface area contributed by atoms with Crippen LogP contribution in [0.5, 0.6) is 0 Å². The predicted molar refractivity (Wildman–Crippen MR) is 67.7 cm³/mol. The highest BCUT2D eigenvalue weighted by Gasteiger charge is 2.24. The van der Waals surface area contributed by atoms with Gasteiger partial charge in [0.15, 0.2) is 0 Å². The van der Waals surface area contributed by atoms with Crippen LogP contribution in [0.15, 0.2) is 24.3 Å². The van der Waals surface area contributed by atoms with Crippen molar-refractivity contribution in [2.24, 2.45) is 0 Å². The Bertz CT molecular complexity index is 495. The Morgan fingerprint density at radius 2 is 2.26 bits per heavy atom. The number of anilines is 1. The van der Waals surface area contributed by atoms with Crippen molar-refractivity contribution in [1.29, 1.82) is 0 Å². The topological polar surface area (TPSA) is 75.5 Å². The number of para-hydroxylation sites is 2. The third-order valence-electron chi connectivity index (χ3n) is 2.96. The average molecular weight is 267 g/mol. The minimum atomic E-state index is -0.890. The molecule has 0 bridgehead atoms. The second kappa shape index (κ2) is 5.75. The van der Waals surface area contributed by atoms with Crippen LogP contribution in [0.3, 0.4) is 0 Å². The molecule has 2 rings (SSSR count). The van der Waals surface area contributed by atoms with Gasteiger partial charge in [0.2, 0.25) is 5.91 Å². The fourth-order valence-electron chi connectivity index (χ4n) is 2.06. The number of halogens is 1. The molecular formula is C12H14FN3O3. The minimum absolute atomic E-state index is 0.0481. The largest absolute Gasteiger partial charge is 0.319 e. The standard InChI is InChI=1S/C12H14FN3O3/c13-9-5-6-15(7-9)8-12(17)14-10-3-1-2-4-11(10)16(18)19/h1-4,9H,5-8H2,(H,14,17). The third-order valence-corrected chi connectivity index (χ3v) is 2.96. The van der Waals surface area contributed by atoms with E-state index in [9.17, 15) is 19.3 Å². The van der Waals surface area contributed by atoms with Gasteiger partial charge in [-0.15, -0.1) is 0 Å². The molecule has 1 atom stereocenters. The van der Waals surface area contributed by atoms with E-state index in [1.165, 1.54) is 18.2 Å². The predicted octanol–water partition coefficient (Wildman–Crippen LogP) is 1.58. The summed E-state index contributed by atoms with van der Waals surface area (Å²) in [5, 5.41) is 13.3. The summed E-state index contributed by atoms with van der Waals surface area (Å²) in [5.74, 6) is -0.372. The number of likely N-dealkylation sites (tertiary alicyclic amines) is 1. The lowest BCUT2D eigenvalue weighted by Crippen LogP contribution is -2.31. The molecule has 1 amide bonds. The number of rotatable bonds is 4. The maximum absolute atomic E-state index is 13.0. The minimum Gasteiger partial charge on any atom is -0.319 e. The second-order valence-corrected chi connectivity index (χ2v) is 4.44. The van der Waals surface area contributed by atoms with Gasteiger partial charge in [-0.3, -0.25) is 19.8 Å². The number of hydrogen-bond acceptors (Lipinski definition) is 4. The number of nitrogens with one attached hydrogen (secondary N) is 1. The van der Waals surface area contributed by atoms with E-state index in [-0.39, 0.29) is 30.4 Å². The molecule has 0 radical (unpaired) electrons. The Balaban J connectivity index is 1.97. The van der Waals surface area contributed by atoms with E-state index in [0.29, 0.717) is 13.0 Å². The van der Waals surface area contributed by atoms with E-state index < -0.39 is 11.1 Å². The molecule has 1 unspecified atom stereocenters. The van der Waals surface area contributed by atoms with Crippen molar-refractivity contribution >= 4 is 17.3 Å². The van der Waals surface area contributed by atoms with Gasteiger partial charge in [0.1, 0.15) is 11.9 Å². The first-order valence-corrected chi connectivity index (χ1v) is 5.96. The van der Waals surface area contributed by atoms with Crippen LogP contribution in [-0.2, 0) is 4.79 Å². The number of nitro groups is 1. The molecule has 0 spiro atoms. The smallest absolute Gasteiger partial charge is 0.292 e. The van der Waals surface area contributed by atoms with Crippen molar-refractivity contribution < 1.29 is 14.1 Å². The van der Waals surface area contributed by atoms with Crippen LogP contribution in [0, 0.1) is 10.1 Å². The molecule has 1 saturated heterocycles. The zero-order valence-corrected chi connectivity index (χ0v) is 10.2. The van der Waals surface area contributed by atoms with Crippen molar-refractivity contribution in [3.8, 4) is 0 Å². The Kier molecular flexibility index (Phi) is 4.06. The molecule has 19 heavy (non-hydrogen) atoms. The quantitative estimate of drug-likeness (QED) is 0.663. The Hall–Kier alpha value is -2.02. The maximum Gasteiger partial charge on any atom is 0.292 e. The van der Waals surface area contributed by atoms with Crippen LogP contribution in [0.2, 0.25) is 0 Å². The van der Waals surface area contributed by atoms with Gasteiger partial charge in [-0.25, -0.2) is 4.39 Å². The lowest BCUT2D eigenvalue weighted by atomic mass is 10.2. The van der Waals surface area contributed by atoms with Gasteiger partial charge in [0.25, 0.3) is 5.69 Å². The summed E-state index contributed by atoms with van der Waals surface area (Å²) in [6, 6.07) is 5.93. The summed E-state index contributed by atoms with van der Waals surface area (Å²) in [7, 11) is 0. The molecule has 0 aromatic heterocycles. The monoisotopic (exact) mass is 267 g/mol.